The lowest BCUT2D eigenvalue weighted by atomic mass is 10.1. The molecule has 2 nitrogen and oxygen atoms in total. The van der Waals surface area contributed by atoms with Crippen LogP contribution < -0.4 is 0 Å². The van der Waals surface area contributed by atoms with E-state index in [2.05, 4.69) is 15.9 Å². The lowest BCUT2D eigenvalue weighted by Crippen LogP contribution is -2.23. The van der Waals surface area contributed by atoms with E-state index in [0.29, 0.717) is 6.61 Å². The van der Waals surface area contributed by atoms with E-state index in [0.717, 1.165) is 35.9 Å². The molecular formula is C13H16BrFO2. The second kappa shape index (κ2) is 6.47. The third-order valence-corrected chi connectivity index (χ3v) is 3.57. The van der Waals surface area contributed by atoms with Crippen LogP contribution in [0.5, 0.6) is 0 Å². The Bertz CT molecular complexity index is 364. The van der Waals surface area contributed by atoms with Crippen molar-refractivity contribution in [1.82, 2.24) is 0 Å². The average Bonchev–Trinajstić information content (AvgIpc) is 2.33. The standard InChI is InChI=1S/C13H16BrFO2/c14-12-9-11(15)5-4-10(12)6-8-17-13-3-1-2-7-16-13/h4-5,9,13H,1-3,6-8H2. The Morgan fingerprint density at radius 3 is 3.00 bits per heavy atom. The van der Waals surface area contributed by atoms with Gasteiger partial charge in [0, 0.05) is 11.1 Å². The minimum absolute atomic E-state index is 0.0528. The van der Waals surface area contributed by atoms with Crippen LogP contribution in [0.25, 0.3) is 0 Å². The fourth-order valence-corrected chi connectivity index (χ4v) is 2.42. The first-order valence-corrected chi connectivity index (χ1v) is 6.72. The minimum Gasteiger partial charge on any atom is -0.353 e. The van der Waals surface area contributed by atoms with Crippen molar-refractivity contribution in [1.29, 1.82) is 0 Å². The molecule has 0 bridgehead atoms. The minimum atomic E-state index is -0.225. The first-order valence-electron chi connectivity index (χ1n) is 5.93. The highest BCUT2D eigenvalue weighted by molar-refractivity contribution is 9.10. The lowest BCUT2D eigenvalue weighted by Gasteiger charge is -2.22. The third-order valence-electron chi connectivity index (χ3n) is 2.83. The fraction of sp³-hybridized carbons (Fsp3) is 0.538. The molecule has 0 aliphatic carbocycles. The zero-order valence-corrected chi connectivity index (χ0v) is 11.2. The second-order valence-electron chi connectivity index (χ2n) is 4.15. The van der Waals surface area contributed by atoms with E-state index in [9.17, 15) is 4.39 Å². The van der Waals surface area contributed by atoms with Gasteiger partial charge in [-0.15, -0.1) is 0 Å². The highest BCUT2D eigenvalue weighted by Gasteiger charge is 2.13. The van der Waals surface area contributed by atoms with Gasteiger partial charge in [-0.05, 0) is 43.4 Å². The third kappa shape index (κ3) is 4.05. The quantitative estimate of drug-likeness (QED) is 0.845. The molecule has 2 rings (SSSR count). The van der Waals surface area contributed by atoms with Crippen LogP contribution in [-0.4, -0.2) is 19.5 Å². The van der Waals surface area contributed by atoms with Crippen LogP contribution in [0.1, 0.15) is 24.8 Å². The molecule has 1 aromatic carbocycles. The number of rotatable bonds is 4. The molecule has 0 aromatic heterocycles. The molecule has 4 heteroatoms. The maximum Gasteiger partial charge on any atom is 0.157 e. The lowest BCUT2D eigenvalue weighted by molar-refractivity contribution is -0.161. The van der Waals surface area contributed by atoms with Gasteiger partial charge in [0.25, 0.3) is 0 Å². The van der Waals surface area contributed by atoms with Crippen molar-refractivity contribution in [3.05, 3.63) is 34.1 Å². The molecule has 1 saturated heterocycles. The van der Waals surface area contributed by atoms with Crippen molar-refractivity contribution in [2.45, 2.75) is 32.0 Å². The topological polar surface area (TPSA) is 18.5 Å². The van der Waals surface area contributed by atoms with Gasteiger partial charge < -0.3 is 9.47 Å². The summed E-state index contributed by atoms with van der Waals surface area (Å²) in [7, 11) is 0. The second-order valence-corrected chi connectivity index (χ2v) is 5.01. The van der Waals surface area contributed by atoms with Gasteiger partial charge in [-0.3, -0.25) is 0 Å². The van der Waals surface area contributed by atoms with E-state index >= 15 is 0 Å². The summed E-state index contributed by atoms with van der Waals surface area (Å²) in [6.45, 7) is 1.40. The van der Waals surface area contributed by atoms with E-state index in [-0.39, 0.29) is 12.1 Å². The Labute approximate surface area is 109 Å². The highest BCUT2D eigenvalue weighted by atomic mass is 79.9. The first kappa shape index (κ1) is 13.0. The van der Waals surface area contributed by atoms with Gasteiger partial charge >= 0.3 is 0 Å². The Balaban J connectivity index is 1.77. The summed E-state index contributed by atoms with van der Waals surface area (Å²) in [5.41, 5.74) is 1.06. The smallest absolute Gasteiger partial charge is 0.157 e. The molecule has 0 N–H and O–H groups in total. The number of halogens is 2. The van der Waals surface area contributed by atoms with Gasteiger partial charge in [-0.25, -0.2) is 4.39 Å². The Morgan fingerprint density at radius 1 is 1.41 bits per heavy atom. The van der Waals surface area contributed by atoms with Crippen molar-refractivity contribution in [3.8, 4) is 0 Å². The van der Waals surface area contributed by atoms with Crippen LogP contribution in [0.2, 0.25) is 0 Å². The van der Waals surface area contributed by atoms with Crippen molar-refractivity contribution >= 4 is 15.9 Å². The molecule has 1 aromatic rings. The molecule has 1 fully saturated rings. The van der Waals surface area contributed by atoms with Gasteiger partial charge in [0.05, 0.1) is 6.61 Å². The summed E-state index contributed by atoms with van der Waals surface area (Å²) >= 11 is 3.35. The predicted molar refractivity (Wildman–Crippen MR) is 67.3 cm³/mol. The van der Waals surface area contributed by atoms with E-state index < -0.39 is 0 Å². The van der Waals surface area contributed by atoms with Gasteiger partial charge in [-0.2, -0.15) is 0 Å². The van der Waals surface area contributed by atoms with Crippen molar-refractivity contribution in [3.63, 3.8) is 0 Å². The predicted octanol–water partition coefficient (Wildman–Crippen LogP) is 3.67. The van der Waals surface area contributed by atoms with Crippen LogP contribution in [0, 0.1) is 5.82 Å². The summed E-state index contributed by atoms with van der Waals surface area (Å²) < 4.78 is 24.8. The average molecular weight is 303 g/mol. The molecule has 1 unspecified atom stereocenters. The SMILES string of the molecule is Fc1ccc(CCOC2CCCCO2)c(Br)c1. The fourth-order valence-electron chi connectivity index (χ4n) is 1.87. The summed E-state index contributed by atoms with van der Waals surface area (Å²) in [6.07, 6.45) is 3.99. The monoisotopic (exact) mass is 302 g/mol. The Hall–Kier alpha value is -0.450. The Kier molecular flexibility index (Phi) is 4.95. The van der Waals surface area contributed by atoms with E-state index in [1.54, 1.807) is 6.07 Å². The summed E-state index contributed by atoms with van der Waals surface area (Å²) in [5.74, 6) is -0.225. The molecule has 0 spiro atoms. The van der Waals surface area contributed by atoms with E-state index in [1.807, 2.05) is 0 Å². The van der Waals surface area contributed by atoms with Crippen LogP contribution in [0.3, 0.4) is 0 Å². The van der Waals surface area contributed by atoms with Gasteiger partial charge in [0.1, 0.15) is 5.82 Å². The largest absolute Gasteiger partial charge is 0.353 e. The van der Waals surface area contributed by atoms with Gasteiger partial charge in [0.2, 0.25) is 0 Å². The van der Waals surface area contributed by atoms with Crippen molar-refractivity contribution < 1.29 is 13.9 Å². The molecule has 1 aliphatic heterocycles. The van der Waals surface area contributed by atoms with Crippen molar-refractivity contribution in [2.75, 3.05) is 13.2 Å². The summed E-state index contributed by atoms with van der Waals surface area (Å²) in [5, 5.41) is 0. The molecule has 0 saturated carbocycles. The summed E-state index contributed by atoms with van der Waals surface area (Å²) in [4.78, 5) is 0. The molecule has 94 valence electrons. The van der Waals surface area contributed by atoms with Crippen LogP contribution in [0.15, 0.2) is 22.7 Å². The van der Waals surface area contributed by atoms with Crippen LogP contribution in [0.4, 0.5) is 4.39 Å². The van der Waals surface area contributed by atoms with E-state index in [1.165, 1.54) is 18.6 Å². The zero-order valence-electron chi connectivity index (χ0n) is 9.62. The van der Waals surface area contributed by atoms with E-state index in [4.69, 9.17) is 9.47 Å². The molecule has 1 aliphatic rings. The maximum absolute atomic E-state index is 12.9. The van der Waals surface area contributed by atoms with Gasteiger partial charge in [-0.1, -0.05) is 22.0 Å². The highest BCUT2D eigenvalue weighted by Crippen LogP contribution is 2.19. The zero-order chi connectivity index (χ0) is 12.1. The maximum atomic E-state index is 12.9. The van der Waals surface area contributed by atoms with Crippen LogP contribution >= 0.6 is 15.9 Å². The normalized spacial score (nSPS) is 20.5. The van der Waals surface area contributed by atoms with Gasteiger partial charge in [0.15, 0.2) is 6.29 Å². The first-order chi connectivity index (χ1) is 8.25. The molecule has 0 radical (unpaired) electrons. The molecular weight excluding hydrogens is 287 g/mol. The number of benzene rings is 1. The molecule has 1 heterocycles. The molecule has 1 atom stereocenters. The number of ether oxygens (including phenoxy) is 2. The number of hydrogen-bond donors (Lipinski definition) is 0. The van der Waals surface area contributed by atoms with Crippen LogP contribution in [-0.2, 0) is 15.9 Å². The summed E-state index contributed by atoms with van der Waals surface area (Å²) in [6, 6.07) is 4.73. The number of hydrogen-bond acceptors (Lipinski definition) is 2. The van der Waals surface area contributed by atoms with Crippen molar-refractivity contribution in [2.24, 2.45) is 0 Å². The Morgan fingerprint density at radius 2 is 2.29 bits per heavy atom. The molecule has 17 heavy (non-hydrogen) atoms. The molecule has 0 amide bonds.